The Morgan fingerprint density at radius 2 is 1.78 bits per heavy atom. The topological polar surface area (TPSA) is 152 Å². The maximum atomic E-state index is 12.3. The standard InChI is InChI=1S/C30H33BrN10O3S/c1-40-11-7-18(8-12-40)21-14-26(44-3)25(13-20(21)19-15-35-41(2)17-19)37-30-34-16-22(31)29(38-30)36-24-6-5-23-27(33-10-9-32-23)28(24)39-45(4,42)43/h5-6,9-10,13-18,39H,7-8,11-12H2,1-4H3,(H2,34,36,37,38). The van der Waals surface area contributed by atoms with Crippen molar-refractivity contribution in [3.63, 3.8) is 0 Å². The van der Waals surface area contributed by atoms with Gasteiger partial charge in [0.1, 0.15) is 17.1 Å². The van der Waals surface area contributed by atoms with Crippen molar-refractivity contribution in [2.75, 3.05) is 48.9 Å². The summed E-state index contributed by atoms with van der Waals surface area (Å²) in [4.78, 5) is 20.2. The highest BCUT2D eigenvalue weighted by Gasteiger charge is 2.24. The number of sulfonamides is 1. The number of methoxy groups -OCH3 is 1. The maximum absolute atomic E-state index is 12.3. The lowest BCUT2D eigenvalue weighted by atomic mass is 9.84. The highest BCUT2D eigenvalue weighted by molar-refractivity contribution is 9.10. The molecule has 2 aromatic carbocycles. The van der Waals surface area contributed by atoms with Gasteiger partial charge >= 0.3 is 0 Å². The van der Waals surface area contributed by atoms with Gasteiger partial charge in [0.25, 0.3) is 0 Å². The first-order chi connectivity index (χ1) is 21.6. The predicted molar refractivity (Wildman–Crippen MR) is 179 cm³/mol. The van der Waals surface area contributed by atoms with Crippen LogP contribution in [0.2, 0.25) is 0 Å². The number of halogens is 1. The maximum Gasteiger partial charge on any atom is 0.229 e. The van der Waals surface area contributed by atoms with E-state index in [0.717, 1.165) is 43.3 Å². The Morgan fingerprint density at radius 1 is 1.00 bits per heavy atom. The van der Waals surface area contributed by atoms with Crippen molar-refractivity contribution >= 4 is 65.8 Å². The molecule has 13 nitrogen and oxygen atoms in total. The summed E-state index contributed by atoms with van der Waals surface area (Å²) in [5.41, 5.74) is 5.65. The van der Waals surface area contributed by atoms with Gasteiger partial charge in [-0.15, -0.1) is 0 Å². The highest BCUT2D eigenvalue weighted by Crippen LogP contribution is 2.42. The molecule has 45 heavy (non-hydrogen) atoms. The zero-order valence-corrected chi connectivity index (χ0v) is 27.6. The summed E-state index contributed by atoms with van der Waals surface area (Å²) in [6.07, 6.45) is 11.8. The summed E-state index contributed by atoms with van der Waals surface area (Å²) in [5, 5.41) is 11.0. The smallest absolute Gasteiger partial charge is 0.229 e. The van der Waals surface area contributed by atoms with E-state index in [1.807, 2.05) is 19.4 Å². The van der Waals surface area contributed by atoms with Crippen LogP contribution in [-0.4, -0.2) is 76.5 Å². The van der Waals surface area contributed by atoms with Gasteiger partial charge in [-0.2, -0.15) is 10.1 Å². The highest BCUT2D eigenvalue weighted by atomic mass is 79.9. The second-order valence-electron chi connectivity index (χ2n) is 11.0. The molecule has 1 aliphatic heterocycles. The molecule has 0 saturated carbocycles. The lowest BCUT2D eigenvalue weighted by Crippen LogP contribution is -2.29. The average Bonchev–Trinajstić information content (AvgIpc) is 3.45. The number of benzene rings is 2. The van der Waals surface area contributed by atoms with Gasteiger partial charge in [-0.3, -0.25) is 19.4 Å². The third-order valence-corrected chi connectivity index (χ3v) is 8.87. The van der Waals surface area contributed by atoms with Crippen LogP contribution in [0.3, 0.4) is 0 Å². The molecule has 15 heteroatoms. The molecule has 1 saturated heterocycles. The molecule has 0 spiro atoms. The van der Waals surface area contributed by atoms with E-state index < -0.39 is 10.0 Å². The van der Waals surface area contributed by atoms with Gasteiger partial charge in [-0.25, -0.2) is 13.4 Å². The molecule has 0 radical (unpaired) electrons. The van der Waals surface area contributed by atoms with E-state index in [4.69, 9.17) is 9.72 Å². The lowest BCUT2D eigenvalue weighted by Gasteiger charge is -2.31. The van der Waals surface area contributed by atoms with Crippen molar-refractivity contribution in [3.8, 4) is 16.9 Å². The molecule has 3 aromatic heterocycles. The molecule has 0 aliphatic carbocycles. The van der Waals surface area contributed by atoms with E-state index in [-0.39, 0.29) is 5.69 Å². The van der Waals surface area contributed by atoms with Crippen molar-refractivity contribution in [2.45, 2.75) is 18.8 Å². The summed E-state index contributed by atoms with van der Waals surface area (Å²) in [6, 6.07) is 7.65. The molecular formula is C30H33BrN10O3S. The SMILES string of the molecule is COc1cc(C2CCN(C)CC2)c(-c2cnn(C)c2)cc1Nc1ncc(Br)c(Nc2ccc3nccnc3c2NS(C)(=O)=O)n1. The Bertz CT molecular complexity index is 1980. The minimum absolute atomic E-state index is 0.260. The Labute approximate surface area is 269 Å². The fourth-order valence-electron chi connectivity index (χ4n) is 5.52. The number of hydrogen-bond acceptors (Lipinski definition) is 11. The van der Waals surface area contributed by atoms with Crippen LogP contribution in [0.15, 0.2) is 59.7 Å². The first kappa shape index (κ1) is 30.7. The fourth-order valence-corrected chi connectivity index (χ4v) is 6.39. The van der Waals surface area contributed by atoms with Gasteiger partial charge in [0.05, 0.1) is 46.6 Å². The molecular weight excluding hydrogens is 660 g/mol. The Balaban J connectivity index is 1.37. The molecule has 1 fully saturated rings. The van der Waals surface area contributed by atoms with Crippen molar-refractivity contribution in [2.24, 2.45) is 7.05 Å². The van der Waals surface area contributed by atoms with Gasteiger partial charge in [0.15, 0.2) is 0 Å². The number of nitrogens with one attached hydrogen (secondary N) is 3. The largest absolute Gasteiger partial charge is 0.495 e. The predicted octanol–water partition coefficient (Wildman–Crippen LogP) is 5.26. The van der Waals surface area contributed by atoms with Crippen LogP contribution in [0.1, 0.15) is 24.3 Å². The van der Waals surface area contributed by atoms with Crippen LogP contribution in [0, 0.1) is 0 Å². The second kappa shape index (κ2) is 12.6. The molecule has 1 aliphatic rings. The molecule has 0 atom stereocenters. The number of ether oxygens (including phenoxy) is 1. The molecule has 0 unspecified atom stereocenters. The summed E-state index contributed by atoms with van der Waals surface area (Å²) >= 11 is 3.52. The number of fused-ring (bicyclic) bond motifs is 1. The lowest BCUT2D eigenvalue weighted by molar-refractivity contribution is 0.255. The van der Waals surface area contributed by atoms with Gasteiger partial charge in [-0.1, -0.05) is 0 Å². The Kier molecular flexibility index (Phi) is 8.57. The number of anilines is 5. The zero-order valence-electron chi connectivity index (χ0n) is 25.2. The molecule has 5 aromatic rings. The minimum atomic E-state index is -3.63. The van der Waals surface area contributed by atoms with Crippen LogP contribution >= 0.6 is 15.9 Å². The first-order valence-corrected chi connectivity index (χ1v) is 16.9. The van der Waals surface area contributed by atoms with Gasteiger partial charge < -0.3 is 20.3 Å². The molecule has 0 amide bonds. The molecule has 6 rings (SSSR count). The van der Waals surface area contributed by atoms with Crippen LogP contribution in [0.5, 0.6) is 5.75 Å². The number of aryl methyl sites for hydroxylation is 1. The van der Waals surface area contributed by atoms with E-state index in [1.165, 1.54) is 11.8 Å². The number of aromatic nitrogens is 6. The average molecular weight is 694 g/mol. The van der Waals surface area contributed by atoms with E-state index in [0.29, 0.717) is 50.3 Å². The third kappa shape index (κ3) is 6.84. The quantitative estimate of drug-likeness (QED) is 0.185. The van der Waals surface area contributed by atoms with Crippen LogP contribution in [0.25, 0.3) is 22.2 Å². The van der Waals surface area contributed by atoms with Crippen LogP contribution < -0.4 is 20.1 Å². The second-order valence-corrected chi connectivity index (χ2v) is 13.6. The monoisotopic (exact) mass is 692 g/mol. The van der Waals surface area contributed by atoms with E-state index >= 15 is 0 Å². The zero-order chi connectivity index (χ0) is 31.7. The van der Waals surface area contributed by atoms with E-state index in [1.54, 1.807) is 36.3 Å². The third-order valence-electron chi connectivity index (χ3n) is 7.72. The van der Waals surface area contributed by atoms with Gasteiger partial charge in [0.2, 0.25) is 16.0 Å². The fraction of sp³-hybridized carbons (Fsp3) is 0.300. The number of likely N-dealkylation sites (tertiary alicyclic amines) is 1. The molecule has 4 heterocycles. The van der Waals surface area contributed by atoms with Crippen molar-refractivity contribution in [3.05, 3.63) is 65.3 Å². The van der Waals surface area contributed by atoms with Crippen LogP contribution in [0.4, 0.5) is 28.8 Å². The van der Waals surface area contributed by atoms with Gasteiger partial charge in [0, 0.05) is 37.4 Å². The van der Waals surface area contributed by atoms with Crippen molar-refractivity contribution in [1.82, 2.24) is 34.6 Å². The number of nitrogens with zero attached hydrogens (tertiary/aromatic N) is 7. The van der Waals surface area contributed by atoms with Gasteiger partial charge in [-0.05, 0) is 90.2 Å². The van der Waals surface area contributed by atoms with E-state index in [2.05, 4.69) is 75.4 Å². The first-order valence-electron chi connectivity index (χ1n) is 14.3. The van der Waals surface area contributed by atoms with Crippen LogP contribution in [-0.2, 0) is 17.1 Å². The summed E-state index contributed by atoms with van der Waals surface area (Å²) in [6.45, 7) is 2.07. The number of piperidine rings is 1. The van der Waals surface area contributed by atoms with E-state index in [9.17, 15) is 8.42 Å². The molecule has 3 N–H and O–H groups in total. The Morgan fingerprint density at radius 3 is 2.49 bits per heavy atom. The summed E-state index contributed by atoms with van der Waals surface area (Å²) in [7, 11) is 2.09. The normalized spacial score (nSPS) is 14.4. The number of hydrogen-bond donors (Lipinski definition) is 3. The summed E-state index contributed by atoms with van der Waals surface area (Å²) < 4.78 is 35.3. The van der Waals surface area contributed by atoms with Crippen molar-refractivity contribution in [1.29, 1.82) is 0 Å². The molecule has 0 bridgehead atoms. The number of rotatable bonds is 9. The Hall–Kier alpha value is -4.34. The molecule has 234 valence electrons. The summed E-state index contributed by atoms with van der Waals surface area (Å²) in [5.74, 6) is 1.77. The van der Waals surface area contributed by atoms with Crippen molar-refractivity contribution < 1.29 is 13.2 Å². The minimum Gasteiger partial charge on any atom is -0.495 e.